The fourth-order valence-electron chi connectivity index (χ4n) is 4.58. The molecule has 1 heterocycles. The number of amides is 4. The van der Waals surface area contributed by atoms with E-state index in [4.69, 9.17) is 9.47 Å². The second-order valence-corrected chi connectivity index (χ2v) is 13.5. The number of H-pyrrole nitrogens is 1. The Kier molecular flexibility index (Phi) is 11.7. The van der Waals surface area contributed by atoms with Crippen molar-refractivity contribution in [3.05, 3.63) is 97.7 Å². The van der Waals surface area contributed by atoms with Gasteiger partial charge in [0.25, 0.3) is 5.91 Å². The molecule has 0 unspecified atom stereocenters. The topological polar surface area (TPSA) is 159 Å². The molecule has 13 heteroatoms. The van der Waals surface area contributed by atoms with Crippen molar-refractivity contribution in [1.82, 2.24) is 20.9 Å². The van der Waals surface area contributed by atoms with Gasteiger partial charge >= 0.3 is 18.1 Å². The first kappa shape index (κ1) is 34.8. The molecule has 242 valence electrons. The number of carbonyl (C=O) groups excluding carboxylic acids is 3. The summed E-state index contributed by atoms with van der Waals surface area (Å²) in [7, 11) is 0. The SMILES string of the molecule is CC(C)(C)OC(=O)N[C@@H](Cc1ccc(OCc2ccccc2)c(I)c1)C(=O)NC(=O)N[C@@H](Cc1c[nH]c2c(Br)cccc12)C(=O)O. The Morgan fingerprint density at radius 3 is 2.35 bits per heavy atom. The summed E-state index contributed by atoms with van der Waals surface area (Å²) in [4.78, 5) is 54.0. The van der Waals surface area contributed by atoms with Gasteiger partial charge < -0.3 is 30.2 Å². The summed E-state index contributed by atoms with van der Waals surface area (Å²) in [5.74, 6) is -1.47. The molecule has 5 N–H and O–H groups in total. The molecule has 0 aliphatic carbocycles. The number of aromatic nitrogens is 1. The van der Waals surface area contributed by atoms with Crippen molar-refractivity contribution in [3.8, 4) is 5.75 Å². The van der Waals surface area contributed by atoms with E-state index in [1.807, 2.05) is 54.6 Å². The van der Waals surface area contributed by atoms with Crippen LogP contribution in [0.2, 0.25) is 0 Å². The van der Waals surface area contributed by atoms with E-state index < -0.39 is 41.7 Å². The number of ether oxygens (including phenoxy) is 2. The van der Waals surface area contributed by atoms with Crippen LogP contribution in [-0.2, 0) is 33.8 Å². The minimum Gasteiger partial charge on any atom is -0.488 e. The van der Waals surface area contributed by atoms with E-state index in [0.29, 0.717) is 23.5 Å². The van der Waals surface area contributed by atoms with Crippen LogP contribution in [0.1, 0.15) is 37.5 Å². The van der Waals surface area contributed by atoms with Gasteiger partial charge in [-0.2, -0.15) is 0 Å². The maximum absolute atomic E-state index is 13.3. The lowest BCUT2D eigenvalue weighted by Crippen LogP contribution is -2.55. The summed E-state index contributed by atoms with van der Waals surface area (Å²) >= 11 is 5.58. The molecule has 0 fully saturated rings. The number of alkyl carbamates (subject to hydrolysis) is 1. The quantitative estimate of drug-likeness (QED) is 0.115. The van der Waals surface area contributed by atoms with Crippen LogP contribution in [0, 0.1) is 3.57 Å². The Hall–Kier alpha value is -4.11. The molecule has 4 amide bonds. The minimum atomic E-state index is -1.34. The maximum Gasteiger partial charge on any atom is 0.408 e. The smallest absolute Gasteiger partial charge is 0.408 e. The normalized spacial score (nSPS) is 12.5. The molecule has 46 heavy (non-hydrogen) atoms. The number of fused-ring (bicyclic) bond motifs is 1. The van der Waals surface area contributed by atoms with Gasteiger partial charge in [0, 0.05) is 28.9 Å². The monoisotopic (exact) mass is 804 g/mol. The molecule has 0 bridgehead atoms. The highest BCUT2D eigenvalue weighted by molar-refractivity contribution is 14.1. The zero-order chi connectivity index (χ0) is 33.4. The van der Waals surface area contributed by atoms with E-state index in [2.05, 4.69) is 59.5 Å². The predicted octanol–water partition coefficient (Wildman–Crippen LogP) is 6.07. The zero-order valence-electron chi connectivity index (χ0n) is 25.4. The second kappa shape index (κ2) is 15.5. The summed E-state index contributed by atoms with van der Waals surface area (Å²) in [5, 5.41) is 17.7. The third-order valence-electron chi connectivity index (χ3n) is 6.70. The van der Waals surface area contributed by atoms with Gasteiger partial charge in [0.1, 0.15) is 30.0 Å². The first-order valence-corrected chi connectivity index (χ1v) is 16.2. The van der Waals surface area contributed by atoms with Gasteiger partial charge in [0.05, 0.1) is 9.09 Å². The van der Waals surface area contributed by atoms with Gasteiger partial charge in [0.2, 0.25) is 0 Å². The molecule has 4 aromatic rings. The molecule has 11 nitrogen and oxygen atoms in total. The number of halogens is 2. The van der Waals surface area contributed by atoms with Crippen molar-refractivity contribution in [1.29, 1.82) is 0 Å². The number of aliphatic carboxylic acids is 1. The number of hydrogen-bond acceptors (Lipinski definition) is 6. The minimum absolute atomic E-state index is 0.0138. The number of rotatable bonds is 11. The molecule has 0 radical (unpaired) electrons. The van der Waals surface area contributed by atoms with Gasteiger partial charge in [-0.1, -0.05) is 48.5 Å². The lowest BCUT2D eigenvalue weighted by atomic mass is 10.0. The number of benzene rings is 3. The molecule has 3 aromatic carbocycles. The number of carbonyl (C=O) groups is 4. The fraction of sp³-hybridized carbons (Fsp3) is 0.273. The third-order valence-corrected chi connectivity index (χ3v) is 8.20. The molecule has 0 aliphatic heterocycles. The number of nitrogens with one attached hydrogen (secondary N) is 4. The van der Waals surface area contributed by atoms with E-state index in [-0.39, 0.29) is 12.8 Å². The zero-order valence-corrected chi connectivity index (χ0v) is 29.1. The number of imide groups is 1. The van der Waals surface area contributed by atoms with E-state index in [0.717, 1.165) is 24.5 Å². The van der Waals surface area contributed by atoms with E-state index in [9.17, 15) is 24.3 Å². The highest BCUT2D eigenvalue weighted by atomic mass is 127. The lowest BCUT2D eigenvalue weighted by molar-refractivity contribution is -0.139. The molecule has 2 atom stereocenters. The van der Waals surface area contributed by atoms with Crippen LogP contribution in [0.5, 0.6) is 5.75 Å². The van der Waals surface area contributed by atoms with Crippen LogP contribution >= 0.6 is 38.5 Å². The molecular weight excluding hydrogens is 771 g/mol. The second-order valence-electron chi connectivity index (χ2n) is 11.5. The molecule has 4 rings (SSSR count). The summed E-state index contributed by atoms with van der Waals surface area (Å²) in [6, 6.07) is 17.0. The van der Waals surface area contributed by atoms with Crippen LogP contribution in [0.4, 0.5) is 9.59 Å². The molecule has 0 spiro atoms. The molecule has 0 aliphatic rings. The molecule has 1 aromatic heterocycles. The Morgan fingerprint density at radius 2 is 1.67 bits per heavy atom. The van der Waals surface area contributed by atoms with Crippen molar-refractivity contribution in [2.45, 2.75) is 57.9 Å². The maximum atomic E-state index is 13.3. The first-order chi connectivity index (χ1) is 21.8. The van der Waals surface area contributed by atoms with Crippen LogP contribution in [0.15, 0.2) is 77.4 Å². The number of para-hydroxylation sites is 1. The number of hydrogen-bond donors (Lipinski definition) is 5. The Balaban J connectivity index is 1.45. The molecule has 0 saturated carbocycles. The van der Waals surface area contributed by atoms with Crippen LogP contribution in [0.3, 0.4) is 0 Å². The van der Waals surface area contributed by atoms with Crippen LogP contribution in [0.25, 0.3) is 10.9 Å². The van der Waals surface area contributed by atoms with Crippen molar-refractivity contribution in [3.63, 3.8) is 0 Å². The Morgan fingerprint density at radius 1 is 0.935 bits per heavy atom. The van der Waals surface area contributed by atoms with Gasteiger partial charge in [0.15, 0.2) is 0 Å². The van der Waals surface area contributed by atoms with E-state index in [1.165, 1.54) is 0 Å². The average molecular weight is 805 g/mol. The van der Waals surface area contributed by atoms with Gasteiger partial charge in [-0.3, -0.25) is 10.1 Å². The number of urea groups is 1. The standard InChI is InChI=1S/C33H34BrIN4O7/c1-33(2,3)46-32(44)38-25(15-20-12-13-27(24(35)14-20)45-18-19-8-5-4-6-9-19)29(40)39-31(43)37-26(30(41)42)16-21-17-36-28-22(21)10-7-11-23(28)34/h4-14,17,25-26,36H,15-16,18H2,1-3H3,(H,38,44)(H,41,42)(H2,37,39,40,43)/t25-,26-/m0/s1. The van der Waals surface area contributed by atoms with Crippen LogP contribution in [-0.4, -0.2) is 51.8 Å². The number of aromatic amines is 1. The fourth-order valence-corrected chi connectivity index (χ4v) is 5.79. The van der Waals surface area contributed by atoms with E-state index >= 15 is 0 Å². The summed E-state index contributed by atoms with van der Waals surface area (Å²) < 4.78 is 12.9. The van der Waals surface area contributed by atoms with Crippen LogP contribution < -0.4 is 20.7 Å². The van der Waals surface area contributed by atoms with Crippen molar-refractivity contribution >= 4 is 73.4 Å². The number of carboxylic acids is 1. The van der Waals surface area contributed by atoms with Crippen molar-refractivity contribution < 1.29 is 33.8 Å². The summed E-state index contributed by atoms with van der Waals surface area (Å²) in [6.07, 6.45) is 0.805. The highest BCUT2D eigenvalue weighted by Crippen LogP contribution is 2.27. The number of carboxylic acid groups (broad SMARTS) is 1. The first-order valence-electron chi connectivity index (χ1n) is 14.3. The van der Waals surface area contributed by atoms with Gasteiger partial charge in [-0.05, 0) is 94.2 Å². The van der Waals surface area contributed by atoms with Gasteiger partial charge in [-0.25, -0.2) is 14.4 Å². The average Bonchev–Trinajstić information content (AvgIpc) is 3.39. The predicted molar refractivity (Wildman–Crippen MR) is 185 cm³/mol. The van der Waals surface area contributed by atoms with Crippen molar-refractivity contribution in [2.75, 3.05) is 0 Å². The largest absolute Gasteiger partial charge is 0.488 e. The van der Waals surface area contributed by atoms with E-state index in [1.54, 1.807) is 39.1 Å². The Bertz CT molecular complexity index is 1720. The molecule has 0 saturated heterocycles. The van der Waals surface area contributed by atoms with Gasteiger partial charge in [-0.15, -0.1) is 0 Å². The lowest BCUT2D eigenvalue weighted by Gasteiger charge is -2.23. The highest BCUT2D eigenvalue weighted by Gasteiger charge is 2.28. The third kappa shape index (κ3) is 9.94. The van der Waals surface area contributed by atoms with Crippen molar-refractivity contribution in [2.24, 2.45) is 0 Å². The Labute approximate surface area is 288 Å². The summed E-state index contributed by atoms with van der Waals surface area (Å²) in [6.45, 7) is 5.43. The molecular formula is C33H34BrIN4O7. The summed E-state index contributed by atoms with van der Waals surface area (Å²) in [5.41, 5.74) is 2.33.